The van der Waals surface area contributed by atoms with Crippen LogP contribution in [0.5, 0.6) is 0 Å². The molecule has 0 aliphatic carbocycles. The Morgan fingerprint density at radius 2 is 1.81 bits per heavy atom. The Morgan fingerprint density at radius 1 is 1.15 bits per heavy atom. The lowest BCUT2D eigenvalue weighted by molar-refractivity contribution is 0.0527. The van der Waals surface area contributed by atoms with Crippen molar-refractivity contribution in [2.75, 3.05) is 6.54 Å². The molecule has 0 heterocycles. The van der Waals surface area contributed by atoms with Gasteiger partial charge in [-0.3, -0.25) is 0 Å². The normalized spacial score (nSPS) is 12.0. The third-order valence-electron chi connectivity index (χ3n) is 3.44. The number of rotatable bonds is 9. The average molecular weight is 396 g/mol. The van der Waals surface area contributed by atoms with Gasteiger partial charge in [0.15, 0.2) is 0 Å². The number of amides is 2. The molecule has 150 valence electrons. The van der Waals surface area contributed by atoms with Crippen LogP contribution in [0.3, 0.4) is 0 Å². The highest BCUT2D eigenvalue weighted by Gasteiger charge is 2.17. The average Bonchev–Trinajstić information content (AvgIpc) is 2.57. The summed E-state index contributed by atoms with van der Waals surface area (Å²) in [5.41, 5.74) is 6.07. The zero-order valence-electron chi connectivity index (χ0n) is 16.1. The molecule has 27 heavy (non-hydrogen) atoms. The van der Waals surface area contributed by atoms with Crippen molar-refractivity contribution in [1.29, 1.82) is 0 Å². The van der Waals surface area contributed by atoms with Crippen LogP contribution >= 0.6 is 12.2 Å². The van der Waals surface area contributed by atoms with E-state index in [0.717, 1.165) is 12.0 Å². The number of alkyl carbamates (subject to hydrolysis) is 2. The number of thiocarbonyl (C=S) groups is 1. The number of hydrogen-bond donors (Lipinski definition) is 3. The summed E-state index contributed by atoms with van der Waals surface area (Å²) in [4.78, 5) is 23.7. The summed E-state index contributed by atoms with van der Waals surface area (Å²) in [7, 11) is 0. The van der Waals surface area contributed by atoms with E-state index in [-0.39, 0.29) is 11.6 Å². The van der Waals surface area contributed by atoms with Crippen LogP contribution in [0.25, 0.3) is 0 Å². The van der Waals surface area contributed by atoms with Crippen LogP contribution < -0.4 is 16.4 Å². The Bertz CT molecular complexity index is 617. The topological polar surface area (TPSA) is 103 Å². The summed E-state index contributed by atoms with van der Waals surface area (Å²) in [6.45, 7) is 6.07. The maximum atomic E-state index is 11.9. The molecule has 0 spiro atoms. The van der Waals surface area contributed by atoms with E-state index >= 15 is 0 Å². The van der Waals surface area contributed by atoms with Crippen LogP contribution in [0.2, 0.25) is 0 Å². The van der Waals surface area contributed by atoms with E-state index in [2.05, 4.69) is 10.6 Å². The van der Waals surface area contributed by atoms with E-state index in [1.807, 2.05) is 51.1 Å². The number of nitrogens with one attached hydrogen (secondary N) is 2. The minimum atomic E-state index is -0.566. The standard InChI is InChI=1S/C19H29N3O4S/c1-19(2,3)26-17(23)21-12-8-7-11-15(16(20)27)22-18(24)25-13-14-9-5-4-6-10-14/h4-6,9-10,15H,7-8,11-13H2,1-3H3,(H2,20,27)(H,21,23)(H,22,24)/t15-/m0/s1. The zero-order valence-corrected chi connectivity index (χ0v) is 16.9. The molecule has 4 N–H and O–H groups in total. The SMILES string of the molecule is CC(C)(C)OC(=O)NCCCC[C@H](NC(=O)OCc1ccccc1)C(N)=S. The van der Waals surface area contributed by atoms with Gasteiger partial charge in [0.25, 0.3) is 0 Å². The number of carbonyl (C=O) groups excluding carboxylic acids is 2. The lowest BCUT2D eigenvalue weighted by Crippen LogP contribution is -2.43. The maximum Gasteiger partial charge on any atom is 0.408 e. The molecule has 0 saturated heterocycles. The van der Waals surface area contributed by atoms with Crippen molar-refractivity contribution in [1.82, 2.24) is 10.6 Å². The number of carbonyl (C=O) groups is 2. The minimum Gasteiger partial charge on any atom is -0.445 e. The highest BCUT2D eigenvalue weighted by atomic mass is 32.1. The van der Waals surface area contributed by atoms with Crippen molar-refractivity contribution >= 4 is 29.4 Å². The predicted octanol–water partition coefficient (Wildman–Crippen LogP) is 3.26. The van der Waals surface area contributed by atoms with Crippen molar-refractivity contribution in [2.24, 2.45) is 5.73 Å². The monoisotopic (exact) mass is 395 g/mol. The molecular formula is C19H29N3O4S. The van der Waals surface area contributed by atoms with Crippen molar-refractivity contribution in [3.8, 4) is 0 Å². The summed E-state index contributed by atoms with van der Waals surface area (Å²) in [5.74, 6) is 0. The van der Waals surface area contributed by atoms with Gasteiger partial charge in [0, 0.05) is 6.54 Å². The first-order valence-electron chi connectivity index (χ1n) is 8.91. The fourth-order valence-electron chi connectivity index (χ4n) is 2.17. The van der Waals surface area contributed by atoms with E-state index in [0.29, 0.717) is 19.4 Å². The molecule has 7 nitrogen and oxygen atoms in total. The van der Waals surface area contributed by atoms with Gasteiger partial charge in [0.05, 0.1) is 11.0 Å². The molecule has 1 rings (SSSR count). The lowest BCUT2D eigenvalue weighted by atomic mass is 10.1. The van der Waals surface area contributed by atoms with E-state index in [4.69, 9.17) is 27.4 Å². The third-order valence-corrected chi connectivity index (χ3v) is 3.72. The number of nitrogens with two attached hydrogens (primary N) is 1. The van der Waals surface area contributed by atoms with E-state index in [1.165, 1.54) is 0 Å². The summed E-state index contributed by atoms with van der Waals surface area (Å²) < 4.78 is 10.3. The van der Waals surface area contributed by atoms with Crippen molar-refractivity contribution in [2.45, 2.75) is 58.3 Å². The van der Waals surface area contributed by atoms with E-state index < -0.39 is 23.8 Å². The van der Waals surface area contributed by atoms with Gasteiger partial charge in [-0.2, -0.15) is 0 Å². The molecule has 8 heteroatoms. The molecular weight excluding hydrogens is 366 g/mol. The van der Waals surface area contributed by atoms with Crippen LogP contribution in [0, 0.1) is 0 Å². The molecule has 1 aromatic rings. The lowest BCUT2D eigenvalue weighted by Gasteiger charge is -2.20. The van der Waals surface area contributed by atoms with Gasteiger partial charge in [-0.1, -0.05) is 42.5 Å². The molecule has 1 aromatic carbocycles. The van der Waals surface area contributed by atoms with Crippen LogP contribution in [0.1, 0.15) is 45.6 Å². The van der Waals surface area contributed by atoms with Crippen LogP contribution in [-0.4, -0.2) is 35.4 Å². The van der Waals surface area contributed by atoms with E-state index in [1.54, 1.807) is 0 Å². The highest BCUT2D eigenvalue weighted by Crippen LogP contribution is 2.07. The Morgan fingerprint density at radius 3 is 2.41 bits per heavy atom. The van der Waals surface area contributed by atoms with Gasteiger partial charge < -0.3 is 25.8 Å². The Hall–Kier alpha value is -2.35. The molecule has 0 aliphatic heterocycles. The predicted molar refractivity (Wildman–Crippen MR) is 108 cm³/mol. The van der Waals surface area contributed by atoms with Crippen LogP contribution in [0.15, 0.2) is 30.3 Å². The first-order valence-corrected chi connectivity index (χ1v) is 9.31. The van der Waals surface area contributed by atoms with Gasteiger partial charge in [-0.15, -0.1) is 0 Å². The summed E-state index contributed by atoms with van der Waals surface area (Å²) in [5, 5.41) is 5.36. The molecule has 0 radical (unpaired) electrons. The summed E-state index contributed by atoms with van der Waals surface area (Å²) >= 11 is 5.01. The minimum absolute atomic E-state index is 0.177. The van der Waals surface area contributed by atoms with Crippen molar-refractivity contribution in [3.05, 3.63) is 35.9 Å². The molecule has 0 fully saturated rings. The van der Waals surface area contributed by atoms with Crippen LogP contribution in [0.4, 0.5) is 9.59 Å². The number of benzene rings is 1. The maximum absolute atomic E-state index is 11.9. The third kappa shape index (κ3) is 11.1. The molecule has 0 aromatic heterocycles. The molecule has 0 bridgehead atoms. The summed E-state index contributed by atoms with van der Waals surface area (Å²) in [6, 6.07) is 8.93. The molecule has 1 atom stereocenters. The smallest absolute Gasteiger partial charge is 0.408 e. The fraction of sp³-hybridized carbons (Fsp3) is 0.526. The zero-order chi connectivity index (χ0) is 20.3. The molecule has 2 amide bonds. The quantitative estimate of drug-likeness (QED) is 0.438. The fourth-order valence-corrected chi connectivity index (χ4v) is 2.35. The molecule has 0 unspecified atom stereocenters. The van der Waals surface area contributed by atoms with Crippen molar-refractivity contribution in [3.63, 3.8) is 0 Å². The first-order chi connectivity index (χ1) is 12.7. The second-order valence-corrected chi connectivity index (χ2v) is 7.56. The van der Waals surface area contributed by atoms with Gasteiger partial charge in [-0.05, 0) is 45.6 Å². The van der Waals surface area contributed by atoms with Crippen LogP contribution in [-0.2, 0) is 16.1 Å². The Balaban J connectivity index is 2.26. The van der Waals surface area contributed by atoms with E-state index in [9.17, 15) is 9.59 Å². The second kappa shape index (κ2) is 11.4. The summed E-state index contributed by atoms with van der Waals surface area (Å²) in [6.07, 6.45) is 0.973. The highest BCUT2D eigenvalue weighted by molar-refractivity contribution is 7.80. The number of ether oxygens (including phenoxy) is 2. The Labute approximate surface area is 166 Å². The Kier molecular flexibility index (Phi) is 9.56. The number of unbranched alkanes of at least 4 members (excludes halogenated alkanes) is 1. The first kappa shape index (κ1) is 22.7. The van der Waals surface area contributed by atoms with Gasteiger partial charge in [0.1, 0.15) is 12.2 Å². The second-order valence-electron chi connectivity index (χ2n) is 7.09. The van der Waals surface area contributed by atoms with Gasteiger partial charge in [-0.25, -0.2) is 9.59 Å². The van der Waals surface area contributed by atoms with Gasteiger partial charge >= 0.3 is 12.2 Å². The largest absolute Gasteiger partial charge is 0.445 e. The molecule has 0 saturated carbocycles. The van der Waals surface area contributed by atoms with Gasteiger partial charge in [0.2, 0.25) is 0 Å². The number of hydrogen-bond acceptors (Lipinski definition) is 5. The van der Waals surface area contributed by atoms with Crippen molar-refractivity contribution < 1.29 is 19.1 Å². The molecule has 0 aliphatic rings.